The predicted octanol–water partition coefficient (Wildman–Crippen LogP) is 5.78. The van der Waals surface area contributed by atoms with E-state index in [9.17, 15) is 9.90 Å². The summed E-state index contributed by atoms with van der Waals surface area (Å²) in [7, 11) is 0. The van der Waals surface area contributed by atoms with Crippen molar-refractivity contribution in [1.29, 1.82) is 0 Å². The second-order valence-corrected chi connectivity index (χ2v) is 8.34. The van der Waals surface area contributed by atoms with Gasteiger partial charge in [-0.05, 0) is 66.5 Å². The first-order valence-corrected chi connectivity index (χ1v) is 10.6. The number of fused-ring (bicyclic) bond motifs is 2. The van der Waals surface area contributed by atoms with Crippen LogP contribution in [0, 0.1) is 0 Å². The van der Waals surface area contributed by atoms with Gasteiger partial charge in [0.25, 0.3) is 0 Å². The Morgan fingerprint density at radius 1 is 1.00 bits per heavy atom. The van der Waals surface area contributed by atoms with Crippen LogP contribution in [0.2, 0.25) is 0 Å². The van der Waals surface area contributed by atoms with E-state index in [1.807, 2.05) is 30.3 Å². The average Bonchev–Trinajstić information content (AvgIpc) is 3.23. The Morgan fingerprint density at radius 2 is 1.87 bits per heavy atom. The summed E-state index contributed by atoms with van der Waals surface area (Å²) in [6.07, 6.45) is 0. The highest BCUT2D eigenvalue weighted by molar-refractivity contribution is 9.10. The molecule has 5 rings (SSSR count). The Morgan fingerprint density at radius 3 is 2.73 bits per heavy atom. The van der Waals surface area contributed by atoms with Crippen LogP contribution < -0.4 is 19.6 Å². The molecule has 0 unspecified atom stereocenters. The molecule has 2 N–H and O–H groups in total. The molecule has 1 aliphatic rings. The summed E-state index contributed by atoms with van der Waals surface area (Å²) < 4.78 is 20.7. The standard InChI is InChI=1S/C22H14BrNO5S/c23-13-2-1-3-15(9-13)30-24-14-5-7-17-16(10-14)20(25)21(26)22(29-17)12-4-6-18-19(8-12)28-11-27-18/h1-10,24,26H,11H2. The van der Waals surface area contributed by atoms with E-state index in [2.05, 4.69) is 20.7 Å². The van der Waals surface area contributed by atoms with E-state index in [1.165, 1.54) is 11.9 Å². The van der Waals surface area contributed by atoms with Crippen LogP contribution in [-0.4, -0.2) is 11.9 Å². The van der Waals surface area contributed by atoms with Crippen molar-refractivity contribution in [2.75, 3.05) is 11.5 Å². The summed E-state index contributed by atoms with van der Waals surface area (Å²) in [5.74, 6) is 0.798. The van der Waals surface area contributed by atoms with Crippen molar-refractivity contribution in [1.82, 2.24) is 0 Å². The van der Waals surface area contributed by atoms with Crippen molar-refractivity contribution >= 4 is 44.5 Å². The minimum absolute atomic E-state index is 0.0926. The van der Waals surface area contributed by atoms with Gasteiger partial charge in [0.15, 0.2) is 17.3 Å². The summed E-state index contributed by atoms with van der Waals surface area (Å²) in [4.78, 5) is 13.8. The lowest BCUT2D eigenvalue weighted by atomic mass is 10.1. The minimum Gasteiger partial charge on any atom is -0.502 e. The van der Waals surface area contributed by atoms with Crippen LogP contribution in [-0.2, 0) is 0 Å². The third-order valence-electron chi connectivity index (χ3n) is 4.58. The van der Waals surface area contributed by atoms with Crippen LogP contribution in [0.3, 0.4) is 0 Å². The second-order valence-electron chi connectivity index (χ2n) is 6.55. The minimum atomic E-state index is -0.500. The quantitative estimate of drug-likeness (QED) is 0.356. The first-order chi connectivity index (χ1) is 14.6. The fraction of sp³-hybridized carbons (Fsp3) is 0.0455. The highest BCUT2D eigenvalue weighted by atomic mass is 79.9. The van der Waals surface area contributed by atoms with Gasteiger partial charge in [0.2, 0.25) is 18.0 Å². The molecule has 1 aromatic heterocycles. The van der Waals surface area contributed by atoms with Crippen LogP contribution >= 0.6 is 27.9 Å². The van der Waals surface area contributed by atoms with Gasteiger partial charge in [-0.3, -0.25) is 4.79 Å². The van der Waals surface area contributed by atoms with Crippen LogP contribution in [0.15, 0.2) is 79.2 Å². The first kappa shape index (κ1) is 18.9. The SMILES string of the molecule is O=c1c(O)c(-c2ccc3c(c2)OCO3)oc2ccc(NSc3cccc(Br)c3)cc12. The fourth-order valence-corrected chi connectivity index (χ4v) is 4.38. The first-order valence-electron chi connectivity index (χ1n) is 8.97. The molecule has 2 heterocycles. The van der Waals surface area contributed by atoms with E-state index in [1.54, 1.807) is 30.3 Å². The third-order valence-corrected chi connectivity index (χ3v) is 5.90. The molecular weight excluding hydrogens is 470 g/mol. The van der Waals surface area contributed by atoms with Gasteiger partial charge in [-0.25, -0.2) is 0 Å². The molecule has 0 saturated carbocycles. The van der Waals surface area contributed by atoms with Crippen LogP contribution in [0.1, 0.15) is 0 Å². The van der Waals surface area contributed by atoms with Gasteiger partial charge < -0.3 is 23.7 Å². The van der Waals surface area contributed by atoms with Gasteiger partial charge in [0.1, 0.15) is 5.58 Å². The van der Waals surface area contributed by atoms with Crippen LogP contribution in [0.25, 0.3) is 22.3 Å². The topological polar surface area (TPSA) is 80.9 Å². The number of ether oxygens (including phenoxy) is 2. The number of benzene rings is 3. The van der Waals surface area contributed by atoms with Crippen molar-refractivity contribution in [3.63, 3.8) is 0 Å². The van der Waals surface area contributed by atoms with Crippen molar-refractivity contribution in [2.24, 2.45) is 0 Å². The van der Waals surface area contributed by atoms with Gasteiger partial charge in [0, 0.05) is 20.6 Å². The van der Waals surface area contributed by atoms with Gasteiger partial charge in [-0.2, -0.15) is 0 Å². The van der Waals surface area contributed by atoms with Crippen molar-refractivity contribution in [2.45, 2.75) is 4.90 Å². The van der Waals surface area contributed by atoms with Crippen molar-refractivity contribution in [3.8, 4) is 28.6 Å². The van der Waals surface area contributed by atoms with Gasteiger partial charge in [-0.1, -0.05) is 22.0 Å². The molecule has 0 radical (unpaired) electrons. The van der Waals surface area contributed by atoms with Crippen molar-refractivity contribution in [3.05, 3.63) is 75.4 Å². The molecule has 0 saturated heterocycles. The summed E-state index contributed by atoms with van der Waals surface area (Å²) in [6.45, 7) is 0.139. The predicted molar refractivity (Wildman–Crippen MR) is 119 cm³/mol. The Balaban J connectivity index is 1.49. The highest BCUT2D eigenvalue weighted by Crippen LogP contribution is 2.38. The van der Waals surface area contributed by atoms with E-state index < -0.39 is 11.2 Å². The summed E-state index contributed by atoms with van der Waals surface area (Å²) in [5, 5.41) is 10.8. The fourth-order valence-electron chi connectivity index (χ4n) is 3.13. The molecule has 0 amide bonds. The molecule has 0 spiro atoms. The monoisotopic (exact) mass is 483 g/mol. The molecule has 0 aliphatic carbocycles. The Kier molecular flexibility index (Phi) is 4.80. The molecule has 3 aromatic carbocycles. The molecule has 150 valence electrons. The zero-order valence-electron chi connectivity index (χ0n) is 15.3. The smallest absolute Gasteiger partial charge is 0.235 e. The van der Waals surface area contributed by atoms with Gasteiger partial charge in [0.05, 0.1) is 5.39 Å². The number of nitrogens with one attached hydrogen (secondary N) is 1. The van der Waals surface area contributed by atoms with E-state index in [4.69, 9.17) is 13.9 Å². The lowest BCUT2D eigenvalue weighted by Crippen LogP contribution is -2.03. The summed E-state index contributed by atoms with van der Waals surface area (Å²) in [6, 6.07) is 18.1. The molecule has 6 nitrogen and oxygen atoms in total. The second kappa shape index (κ2) is 7.62. The summed E-state index contributed by atoms with van der Waals surface area (Å²) in [5.41, 5.74) is 1.13. The molecule has 4 aromatic rings. The molecule has 8 heteroatoms. The van der Waals surface area contributed by atoms with E-state index >= 15 is 0 Å². The lowest BCUT2D eigenvalue weighted by Gasteiger charge is -2.09. The molecule has 0 atom stereocenters. The average molecular weight is 484 g/mol. The lowest BCUT2D eigenvalue weighted by molar-refractivity contribution is 0.174. The number of rotatable bonds is 4. The maximum Gasteiger partial charge on any atom is 0.235 e. The van der Waals surface area contributed by atoms with E-state index in [0.29, 0.717) is 22.6 Å². The molecule has 0 bridgehead atoms. The number of aromatic hydroxyl groups is 1. The zero-order valence-corrected chi connectivity index (χ0v) is 17.7. The van der Waals surface area contributed by atoms with E-state index in [0.717, 1.165) is 15.1 Å². The number of halogens is 1. The highest BCUT2D eigenvalue weighted by Gasteiger charge is 2.19. The number of hydrogen-bond acceptors (Lipinski definition) is 7. The van der Waals surface area contributed by atoms with Crippen molar-refractivity contribution < 1.29 is 19.0 Å². The molecule has 1 aliphatic heterocycles. The Bertz CT molecular complexity index is 1340. The normalized spacial score (nSPS) is 12.3. The maximum atomic E-state index is 12.8. The summed E-state index contributed by atoms with van der Waals surface area (Å²) >= 11 is 4.86. The maximum absolute atomic E-state index is 12.8. The Hall–Kier alpha value is -3.10. The molecule has 0 fully saturated rings. The van der Waals surface area contributed by atoms with E-state index in [-0.39, 0.29) is 17.9 Å². The molecule has 30 heavy (non-hydrogen) atoms. The number of anilines is 1. The third kappa shape index (κ3) is 3.48. The van der Waals surface area contributed by atoms with Crippen LogP contribution in [0.4, 0.5) is 5.69 Å². The van der Waals surface area contributed by atoms with Gasteiger partial charge >= 0.3 is 0 Å². The zero-order chi connectivity index (χ0) is 20.7. The number of hydrogen-bond donors (Lipinski definition) is 2. The van der Waals surface area contributed by atoms with Crippen LogP contribution in [0.5, 0.6) is 17.2 Å². The van der Waals surface area contributed by atoms with Gasteiger partial charge in [-0.15, -0.1) is 0 Å². The largest absolute Gasteiger partial charge is 0.502 e. The Labute approximate surface area is 183 Å². The molecular formula is C22H14BrNO5S.